The van der Waals surface area contributed by atoms with Gasteiger partial charge in [-0.1, -0.05) is 12.8 Å². The number of allylic oxidation sites excluding steroid dienone is 1. The summed E-state index contributed by atoms with van der Waals surface area (Å²) in [4.78, 5) is 16.5. The molecule has 4 heteroatoms. The Balaban J connectivity index is 1.87. The predicted molar refractivity (Wildman–Crippen MR) is 65.1 cm³/mol. The zero-order valence-electron chi connectivity index (χ0n) is 9.91. The highest BCUT2D eigenvalue weighted by Gasteiger charge is 2.35. The lowest BCUT2D eigenvalue weighted by Crippen LogP contribution is -2.38. The van der Waals surface area contributed by atoms with Crippen molar-refractivity contribution in [2.24, 2.45) is 4.99 Å². The maximum atomic E-state index is 11.9. The number of nitrogens with zero attached hydrogens (tertiary/aromatic N) is 1. The summed E-state index contributed by atoms with van der Waals surface area (Å²) in [5, 5.41) is 13.2. The summed E-state index contributed by atoms with van der Waals surface area (Å²) in [6, 6.07) is 0.697. The topological polar surface area (TPSA) is 61.7 Å². The minimum absolute atomic E-state index is 0.0404. The minimum atomic E-state index is 0.0404. The third-order valence-electron chi connectivity index (χ3n) is 3.97. The van der Waals surface area contributed by atoms with Crippen LogP contribution in [-0.2, 0) is 4.79 Å². The summed E-state index contributed by atoms with van der Waals surface area (Å²) in [6.07, 6.45) is 6.58. The molecule has 0 spiro atoms. The average molecular weight is 234 g/mol. The molecular weight excluding hydrogens is 216 g/mol. The van der Waals surface area contributed by atoms with E-state index in [1.165, 1.54) is 12.8 Å². The van der Waals surface area contributed by atoms with E-state index in [0.29, 0.717) is 36.3 Å². The molecule has 0 saturated heterocycles. The number of ketones is 1. The highest BCUT2D eigenvalue weighted by molar-refractivity contribution is 6.22. The van der Waals surface area contributed by atoms with Gasteiger partial charge in [-0.15, -0.1) is 0 Å². The first-order valence-corrected chi connectivity index (χ1v) is 6.56. The van der Waals surface area contributed by atoms with Crippen LogP contribution in [0.3, 0.4) is 0 Å². The largest absolute Gasteiger partial charge is 0.511 e. The molecule has 1 fully saturated rings. The van der Waals surface area contributed by atoms with Gasteiger partial charge in [0.1, 0.15) is 11.6 Å². The molecule has 2 N–H and O–H groups in total. The molecule has 3 rings (SSSR count). The molecule has 92 valence electrons. The van der Waals surface area contributed by atoms with Crippen LogP contribution in [0.15, 0.2) is 16.3 Å². The number of hydrogen-bond acceptors (Lipinski definition) is 4. The Morgan fingerprint density at radius 3 is 2.76 bits per heavy atom. The SMILES string of the molecule is O=C1CCCC(O)=C1C1=N[C@H]2CCCC[C@@H]2N1. The van der Waals surface area contributed by atoms with Crippen molar-refractivity contribution < 1.29 is 9.90 Å². The molecule has 17 heavy (non-hydrogen) atoms. The molecule has 0 radical (unpaired) electrons. The van der Waals surface area contributed by atoms with Crippen LogP contribution < -0.4 is 5.32 Å². The van der Waals surface area contributed by atoms with Gasteiger partial charge in [0, 0.05) is 18.9 Å². The monoisotopic (exact) mass is 234 g/mol. The molecule has 0 aromatic carbocycles. The number of fused-ring (bicyclic) bond motifs is 1. The molecule has 2 atom stereocenters. The number of carbonyl (C=O) groups is 1. The summed E-state index contributed by atoms with van der Waals surface area (Å²) >= 11 is 0. The number of aliphatic imine (C=N–C) groups is 1. The fourth-order valence-electron chi connectivity index (χ4n) is 3.05. The Hall–Kier alpha value is -1.32. The molecule has 3 aliphatic rings. The Bertz CT molecular complexity index is 412. The lowest BCUT2D eigenvalue weighted by molar-refractivity contribution is -0.115. The van der Waals surface area contributed by atoms with Crippen molar-refractivity contribution in [2.45, 2.75) is 57.0 Å². The van der Waals surface area contributed by atoms with Gasteiger partial charge in [0.15, 0.2) is 5.78 Å². The van der Waals surface area contributed by atoms with E-state index in [9.17, 15) is 9.90 Å². The van der Waals surface area contributed by atoms with Gasteiger partial charge in [-0.25, -0.2) is 0 Å². The van der Waals surface area contributed by atoms with Crippen LogP contribution in [0.4, 0.5) is 0 Å². The lowest BCUT2D eigenvalue weighted by atomic mass is 9.92. The normalized spacial score (nSPS) is 33.2. The molecular formula is C13H18N2O2. The summed E-state index contributed by atoms with van der Waals surface area (Å²) in [5.74, 6) is 0.925. The van der Waals surface area contributed by atoms with Crippen LogP contribution in [0, 0.1) is 0 Å². The molecule has 1 heterocycles. The molecule has 0 amide bonds. The maximum absolute atomic E-state index is 11.9. The summed E-state index contributed by atoms with van der Waals surface area (Å²) in [7, 11) is 0. The van der Waals surface area contributed by atoms with Gasteiger partial charge < -0.3 is 10.4 Å². The van der Waals surface area contributed by atoms with Gasteiger partial charge >= 0.3 is 0 Å². The fourth-order valence-corrected chi connectivity index (χ4v) is 3.05. The third kappa shape index (κ3) is 1.85. The highest BCUT2D eigenvalue weighted by Crippen LogP contribution is 2.29. The van der Waals surface area contributed by atoms with Crippen molar-refractivity contribution in [2.75, 3.05) is 0 Å². The number of Topliss-reactive ketones (excluding diaryl/α,β-unsaturated/α-hetero) is 1. The van der Waals surface area contributed by atoms with Gasteiger partial charge in [-0.2, -0.15) is 0 Å². The van der Waals surface area contributed by atoms with Gasteiger partial charge in [0.25, 0.3) is 0 Å². The molecule has 1 aliphatic heterocycles. The van der Waals surface area contributed by atoms with E-state index in [1.54, 1.807) is 0 Å². The van der Waals surface area contributed by atoms with E-state index in [2.05, 4.69) is 10.3 Å². The molecule has 4 nitrogen and oxygen atoms in total. The molecule has 0 bridgehead atoms. The molecule has 0 unspecified atom stereocenters. The second-order valence-electron chi connectivity index (χ2n) is 5.18. The zero-order valence-corrected chi connectivity index (χ0v) is 9.91. The first kappa shape index (κ1) is 10.8. The summed E-state index contributed by atoms with van der Waals surface area (Å²) in [5.41, 5.74) is 0.464. The lowest BCUT2D eigenvalue weighted by Gasteiger charge is -2.23. The van der Waals surface area contributed by atoms with Gasteiger partial charge in [0.05, 0.1) is 11.6 Å². The van der Waals surface area contributed by atoms with Crippen molar-refractivity contribution in [3.05, 3.63) is 11.3 Å². The Morgan fingerprint density at radius 1 is 1.18 bits per heavy atom. The molecule has 0 aromatic rings. The number of rotatable bonds is 1. The smallest absolute Gasteiger partial charge is 0.169 e. The standard InChI is InChI=1S/C13H18N2O2/c16-10-6-3-7-11(17)12(10)13-14-8-4-1-2-5-9(8)15-13/h8-9,16H,1-7H2,(H,14,15)/t8-,9-/m0/s1. The Kier molecular flexibility index (Phi) is 2.65. The number of aliphatic hydroxyl groups excluding tert-OH is 1. The van der Waals surface area contributed by atoms with Crippen molar-refractivity contribution >= 4 is 11.6 Å². The van der Waals surface area contributed by atoms with E-state index in [4.69, 9.17) is 0 Å². The van der Waals surface area contributed by atoms with E-state index in [0.717, 1.165) is 19.3 Å². The number of hydrogen-bond donors (Lipinski definition) is 2. The quantitative estimate of drug-likeness (QED) is 0.728. The van der Waals surface area contributed by atoms with Crippen molar-refractivity contribution in [1.29, 1.82) is 0 Å². The van der Waals surface area contributed by atoms with Crippen molar-refractivity contribution in [3.8, 4) is 0 Å². The Labute approximate surface area is 101 Å². The van der Waals surface area contributed by atoms with Gasteiger partial charge in [0.2, 0.25) is 0 Å². The predicted octanol–water partition coefficient (Wildman–Crippen LogP) is 1.86. The summed E-state index contributed by atoms with van der Waals surface area (Å²) in [6.45, 7) is 0. The minimum Gasteiger partial charge on any atom is -0.511 e. The zero-order chi connectivity index (χ0) is 11.8. The van der Waals surface area contributed by atoms with E-state index in [-0.39, 0.29) is 11.5 Å². The first-order valence-electron chi connectivity index (χ1n) is 6.56. The van der Waals surface area contributed by atoms with Crippen LogP contribution in [0.2, 0.25) is 0 Å². The first-order chi connectivity index (χ1) is 8.25. The number of carbonyl (C=O) groups excluding carboxylic acids is 1. The molecule has 2 aliphatic carbocycles. The van der Waals surface area contributed by atoms with Gasteiger partial charge in [-0.3, -0.25) is 9.79 Å². The highest BCUT2D eigenvalue weighted by atomic mass is 16.3. The molecule has 0 aromatic heterocycles. The average Bonchev–Trinajstić information content (AvgIpc) is 2.71. The van der Waals surface area contributed by atoms with Crippen LogP contribution in [-0.4, -0.2) is 28.8 Å². The van der Waals surface area contributed by atoms with Crippen LogP contribution in [0.5, 0.6) is 0 Å². The van der Waals surface area contributed by atoms with Gasteiger partial charge in [-0.05, 0) is 19.3 Å². The maximum Gasteiger partial charge on any atom is 0.169 e. The van der Waals surface area contributed by atoms with Crippen LogP contribution in [0.25, 0.3) is 0 Å². The van der Waals surface area contributed by atoms with Crippen LogP contribution >= 0.6 is 0 Å². The number of aliphatic hydroxyl groups is 1. The van der Waals surface area contributed by atoms with Crippen molar-refractivity contribution in [3.63, 3.8) is 0 Å². The third-order valence-corrected chi connectivity index (χ3v) is 3.97. The van der Waals surface area contributed by atoms with Crippen molar-refractivity contribution in [1.82, 2.24) is 5.32 Å². The fraction of sp³-hybridized carbons (Fsp3) is 0.692. The second kappa shape index (κ2) is 4.17. The van der Waals surface area contributed by atoms with Crippen LogP contribution in [0.1, 0.15) is 44.9 Å². The summed E-state index contributed by atoms with van der Waals surface area (Å²) < 4.78 is 0. The Morgan fingerprint density at radius 2 is 2.00 bits per heavy atom. The molecule has 1 saturated carbocycles. The number of nitrogens with one attached hydrogen (secondary N) is 1. The number of amidine groups is 1. The van der Waals surface area contributed by atoms with E-state index < -0.39 is 0 Å². The van der Waals surface area contributed by atoms with E-state index in [1.807, 2.05) is 0 Å². The van der Waals surface area contributed by atoms with E-state index >= 15 is 0 Å². The second-order valence-corrected chi connectivity index (χ2v) is 5.18.